The topological polar surface area (TPSA) is 91.8 Å². The van der Waals surface area contributed by atoms with Gasteiger partial charge in [-0.1, -0.05) is 0 Å². The van der Waals surface area contributed by atoms with Gasteiger partial charge in [0.25, 0.3) is 0 Å². The van der Waals surface area contributed by atoms with Gasteiger partial charge in [-0.3, -0.25) is 0 Å². The van der Waals surface area contributed by atoms with Crippen LogP contribution in [0.3, 0.4) is 0 Å². The van der Waals surface area contributed by atoms with E-state index in [0.717, 1.165) is 9.88 Å². The normalized spacial score (nSPS) is 16.6. The van der Waals surface area contributed by atoms with Crippen molar-refractivity contribution >= 4 is 23.3 Å². The molecule has 7 nitrogen and oxygen atoms in total. The van der Waals surface area contributed by atoms with Crippen molar-refractivity contribution in [2.45, 2.75) is 26.0 Å². The van der Waals surface area contributed by atoms with Crippen LogP contribution in [0.1, 0.15) is 16.8 Å². The number of carboxylic acid groups (broad SMARTS) is 1. The lowest BCUT2D eigenvalue weighted by atomic mass is 9.97. The molecule has 2 amide bonds. The lowest BCUT2D eigenvalue weighted by Crippen LogP contribution is -2.65. The Morgan fingerprint density at radius 3 is 2.85 bits per heavy atom. The minimum absolute atomic E-state index is 0.174. The van der Waals surface area contributed by atoms with Gasteiger partial charge in [0.2, 0.25) is 0 Å². The van der Waals surface area contributed by atoms with Crippen molar-refractivity contribution in [3.05, 3.63) is 16.1 Å². The number of nitrogens with zero attached hydrogens (tertiary/aromatic N) is 2. The lowest BCUT2D eigenvalue weighted by molar-refractivity contribution is -0.159. The first-order chi connectivity index (χ1) is 9.38. The molecule has 0 aromatic carbocycles. The first-order valence-electron chi connectivity index (χ1n) is 6.18. The highest BCUT2D eigenvalue weighted by Gasteiger charge is 2.42. The molecule has 1 aliphatic heterocycles. The Morgan fingerprint density at radius 2 is 2.30 bits per heavy atom. The molecule has 1 aromatic rings. The van der Waals surface area contributed by atoms with E-state index in [9.17, 15) is 9.59 Å². The molecular formula is C12H17N3O4S. The van der Waals surface area contributed by atoms with Crippen LogP contribution in [-0.2, 0) is 16.1 Å². The summed E-state index contributed by atoms with van der Waals surface area (Å²) in [6, 6.07) is -0.174. The minimum Gasteiger partial charge on any atom is -0.480 e. The van der Waals surface area contributed by atoms with Crippen LogP contribution in [0.25, 0.3) is 0 Å². The molecule has 0 bridgehead atoms. The van der Waals surface area contributed by atoms with E-state index in [1.54, 1.807) is 29.4 Å². The summed E-state index contributed by atoms with van der Waals surface area (Å²) in [5.41, 5.74) is -0.559. The highest BCUT2D eigenvalue weighted by Crippen LogP contribution is 2.24. The van der Waals surface area contributed by atoms with Gasteiger partial charge in [0.15, 0.2) is 0 Å². The van der Waals surface area contributed by atoms with Crippen molar-refractivity contribution < 1.29 is 19.4 Å². The number of ether oxygens (including phenoxy) is 1. The number of thiazole rings is 1. The molecule has 20 heavy (non-hydrogen) atoms. The molecule has 0 radical (unpaired) electrons. The Labute approximate surface area is 120 Å². The smallest absolute Gasteiger partial charge is 0.329 e. The number of aryl methyl sites for hydroxylation is 1. The first-order valence-corrected chi connectivity index (χ1v) is 6.99. The third-order valence-electron chi connectivity index (χ3n) is 2.96. The summed E-state index contributed by atoms with van der Waals surface area (Å²) in [4.78, 5) is 29.0. The highest BCUT2D eigenvalue weighted by atomic mass is 32.1. The maximum atomic E-state index is 11.9. The number of carbonyl (C=O) groups excluding carboxylic acids is 1. The molecule has 0 atom stereocenters. The van der Waals surface area contributed by atoms with Crippen molar-refractivity contribution in [2.24, 2.45) is 0 Å². The average Bonchev–Trinajstić information content (AvgIpc) is 2.76. The Bertz CT molecular complexity index is 511. The van der Waals surface area contributed by atoms with E-state index < -0.39 is 11.6 Å². The molecule has 0 aliphatic carbocycles. The summed E-state index contributed by atoms with van der Waals surface area (Å²) in [5.74, 6) is -1.00. The Hall–Kier alpha value is -1.67. The second-order valence-electron chi connectivity index (χ2n) is 4.99. The molecule has 0 spiro atoms. The maximum Gasteiger partial charge on any atom is 0.329 e. The predicted octanol–water partition coefficient (Wildman–Crippen LogP) is 0.837. The van der Waals surface area contributed by atoms with Crippen molar-refractivity contribution in [1.29, 1.82) is 0 Å². The summed E-state index contributed by atoms with van der Waals surface area (Å²) < 4.78 is 5.24. The van der Waals surface area contributed by atoms with Gasteiger partial charge in [0.05, 0.1) is 24.6 Å². The third-order valence-corrected chi connectivity index (χ3v) is 3.88. The number of likely N-dealkylation sites (tertiary alicyclic amines) is 1. The largest absolute Gasteiger partial charge is 0.480 e. The first kappa shape index (κ1) is 14.7. The molecule has 0 unspecified atom stereocenters. The Morgan fingerprint density at radius 1 is 1.60 bits per heavy atom. The van der Waals surface area contributed by atoms with E-state index in [-0.39, 0.29) is 12.6 Å². The van der Waals surface area contributed by atoms with Gasteiger partial charge >= 0.3 is 12.0 Å². The van der Waals surface area contributed by atoms with E-state index >= 15 is 0 Å². The zero-order valence-corrected chi connectivity index (χ0v) is 12.2. The molecule has 2 N–H and O–H groups in total. The number of hydrogen-bond acceptors (Lipinski definition) is 5. The number of amides is 2. The van der Waals surface area contributed by atoms with Gasteiger partial charge in [-0.15, -0.1) is 11.3 Å². The molecule has 1 aromatic heterocycles. The molecule has 110 valence electrons. The van der Waals surface area contributed by atoms with Crippen LogP contribution in [0, 0.1) is 6.92 Å². The van der Waals surface area contributed by atoms with Crippen LogP contribution in [0.4, 0.5) is 4.79 Å². The van der Waals surface area contributed by atoms with Gasteiger partial charge in [-0.25, -0.2) is 14.6 Å². The molecule has 2 rings (SSSR count). The fraction of sp³-hybridized carbons (Fsp3) is 0.583. The van der Waals surface area contributed by atoms with E-state index in [1.807, 2.05) is 6.92 Å². The van der Waals surface area contributed by atoms with Gasteiger partial charge in [0.1, 0.15) is 12.2 Å². The summed E-state index contributed by atoms with van der Waals surface area (Å²) in [6.45, 7) is 4.62. The van der Waals surface area contributed by atoms with Gasteiger partial charge in [-0.2, -0.15) is 0 Å². The highest BCUT2D eigenvalue weighted by molar-refractivity contribution is 7.11. The number of urea groups is 1. The van der Waals surface area contributed by atoms with E-state index in [0.29, 0.717) is 19.6 Å². The van der Waals surface area contributed by atoms with Gasteiger partial charge in [0, 0.05) is 11.1 Å². The Kier molecular flexibility index (Phi) is 4.24. The number of aliphatic carboxylic acids is 1. The van der Waals surface area contributed by atoms with Crippen LogP contribution in [0.5, 0.6) is 0 Å². The fourth-order valence-corrected chi connectivity index (χ4v) is 2.73. The molecule has 1 aliphatic rings. The van der Waals surface area contributed by atoms with Crippen LogP contribution in [0.15, 0.2) is 6.20 Å². The SMILES string of the molecule is Cc1ncc(CNC(=O)N2CC(C)(OCC(=O)O)C2)s1. The molecular weight excluding hydrogens is 282 g/mol. The summed E-state index contributed by atoms with van der Waals surface area (Å²) >= 11 is 1.54. The van der Waals surface area contributed by atoms with Crippen molar-refractivity contribution in [2.75, 3.05) is 19.7 Å². The number of carbonyl (C=O) groups is 2. The molecule has 1 fully saturated rings. The fourth-order valence-electron chi connectivity index (χ4n) is 1.99. The van der Waals surface area contributed by atoms with Crippen molar-refractivity contribution in [3.8, 4) is 0 Å². The summed E-state index contributed by atoms with van der Waals surface area (Å²) in [6.07, 6.45) is 1.75. The number of hydrogen-bond donors (Lipinski definition) is 2. The molecule has 0 saturated carbocycles. The standard InChI is InChI=1S/C12H17N3O4S/c1-8-13-3-9(20-8)4-14-11(18)15-6-12(2,7-15)19-5-10(16)17/h3H,4-7H2,1-2H3,(H,14,18)(H,16,17). The molecule has 2 heterocycles. The predicted molar refractivity (Wildman–Crippen MR) is 72.7 cm³/mol. The number of nitrogens with one attached hydrogen (secondary N) is 1. The second kappa shape index (κ2) is 5.76. The number of carboxylic acids is 1. The maximum absolute atomic E-state index is 11.9. The summed E-state index contributed by atoms with van der Waals surface area (Å²) in [7, 11) is 0. The van der Waals surface area contributed by atoms with Crippen molar-refractivity contribution in [1.82, 2.24) is 15.2 Å². The third kappa shape index (κ3) is 3.67. The van der Waals surface area contributed by atoms with Gasteiger partial charge < -0.3 is 20.1 Å². The monoisotopic (exact) mass is 299 g/mol. The van der Waals surface area contributed by atoms with E-state index in [4.69, 9.17) is 9.84 Å². The van der Waals surface area contributed by atoms with Crippen LogP contribution >= 0.6 is 11.3 Å². The van der Waals surface area contributed by atoms with E-state index in [1.165, 1.54) is 0 Å². The Balaban J connectivity index is 1.72. The van der Waals surface area contributed by atoms with Crippen LogP contribution in [0.2, 0.25) is 0 Å². The zero-order valence-electron chi connectivity index (χ0n) is 11.4. The molecule has 8 heteroatoms. The second-order valence-corrected chi connectivity index (χ2v) is 6.31. The van der Waals surface area contributed by atoms with Crippen LogP contribution < -0.4 is 5.32 Å². The molecule has 1 saturated heterocycles. The number of aromatic nitrogens is 1. The quantitative estimate of drug-likeness (QED) is 0.840. The lowest BCUT2D eigenvalue weighted by Gasteiger charge is -2.46. The van der Waals surface area contributed by atoms with Gasteiger partial charge in [-0.05, 0) is 13.8 Å². The number of rotatable bonds is 5. The zero-order chi connectivity index (χ0) is 14.8. The van der Waals surface area contributed by atoms with Crippen molar-refractivity contribution in [3.63, 3.8) is 0 Å². The van der Waals surface area contributed by atoms with Crippen LogP contribution in [-0.4, -0.2) is 52.3 Å². The summed E-state index contributed by atoms with van der Waals surface area (Å²) in [5, 5.41) is 12.3. The van der Waals surface area contributed by atoms with E-state index in [2.05, 4.69) is 10.3 Å². The minimum atomic E-state index is -1.00. The average molecular weight is 299 g/mol.